The maximum atomic E-state index is 10.8. The number of carboxylic acids is 1. The molecular weight excluding hydrogens is 216 g/mol. The second-order valence-corrected chi connectivity index (χ2v) is 4.17. The number of halogens is 1. The molecule has 1 aromatic rings. The number of hydrogen-bond donors (Lipinski definition) is 1. The van der Waals surface area contributed by atoms with Gasteiger partial charge >= 0.3 is 5.97 Å². The first-order valence-electron chi connectivity index (χ1n) is 4.80. The Kier molecular flexibility index (Phi) is 3.39. The molecule has 0 bridgehead atoms. The molecule has 1 N–H and O–H groups in total. The Balaban J connectivity index is 3.06. The van der Waals surface area contributed by atoms with Gasteiger partial charge in [-0.25, -0.2) is 0 Å². The fraction of sp³-hybridized carbons (Fsp3) is 0.600. The first kappa shape index (κ1) is 12.0. The van der Waals surface area contributed by atoms with Gasteiger partial charge < -0.3 is 5.11 Å². The Morgan fingerprint density at radius 3 is 2.33 bits per heavy atom. The number of nitrogens with zero attached hydrogens (tertiary/aromatic N) is 2. The number of rotatable bonds is 3. The van der Waals surface area contributed by atoms with E-state index in [0.29, 0.717) is 5.02 Å². The van der Waals surface area contributed by atoms with Gasteiger partial charge in [0, 0.05) is 0 Å². The zero-order valence-electron chi connectivity index (χ0n) is 9.28. The summed E-state index contributed by atoms with van der Waals surface area (Å²) in [6.45, 7) is 7.14. The third-order valence-corrected chi connectivity index (χ3v) is 3.28. The predicted molar refractivity (Wildman–Crippen MR) is 58.2 cm³/mol. The number of aromatic nitrogens is 2. The molecular formula is C10H15ClN2O2. The van der Waals surface area contributed by atoms with Gasteiger partial charge in [-0.3, -0.25) is 9.48 Å². The quantitative estimate of drug-likeness (QED) is 0.868. The summed E-state index contributed by atoms with van der Waals surface area (Å²) in [5.74, 6) is -1.31. The summed E-state index contributed by atoms with van der Waals surface area (Å²) < 4.78 is 1.68. The van der Waals surface area contributed by atoms with Crippen LogP contribution in [0.15, 0.2) is 0 Å². The van der Waals surface area contributed by atoms with Crippen LogP contribution in [0.2, 0.25) is 5.02 Å². The topological polar surface area (TPSA) is 55.1 Å². The van der Waals surface area contributed by atoms with E-state index in [1.165, 1.54) is 0 Å². The van der Waals surface area contributed by atoms with Crippen molar-refractivity contribution < 1.29 is 9.90 Å². The number of aliphatic carboxylic acids is 1. The largest absolute Gasteiger partial charge is 0.481 e. The zero-order valence-corrected chi connectivity index (χ0v) is 10.0. The van der Waals surface area contributed by atoms with Crippen molar-refractivity contribution in [3.8, 4) is 0 Å². The van der Waals surface area contributed by atoms with Gasteiger partial charge in [-0.15, -0.1) is 0 Å². The van der Waals surface area contributed by atoms with Crippen molar-refractivity contribution in [3.63, 3.8) is 0 Å². The third kappa shape index (κ3) is 2.15. The summed E-state index contributed by atoms with van der Waals surface area (Å²) >= 11 is 6.00. The number of hydrogen-bond acceptors (Lipinski definition) is 2. The lowest BCUT2D eigenvalue weighted by atomic mass is 10.0. The summed E-state index contributed by atoms with van der Waals surface area (Å²) in [6, 6.07) is -0.200. The van der Waals surface area contributed by atoms with Crippen LogP contribution in [0.1, 0.15) is 31.3 Å². The number of carboxylic acid groups (broad SMARTS) is 1. The highest BCUT2D eigenvalue weighted by atomic mass is 35.5. The Morgan fingerprint density at radius 2 is 2.00 bits per heavy atom. The lowest BCUT2D eigenvalue weighted by Crippen LogP contribution is -2.23. The predicted octanol–water partition coefficient (Wildman–Crippen LogP) is 2.44. The van der Waals surface area contributed by atoms with Gasteiger partial charge in [-0.05, 0) is 27.7 Å². The molecule has 0 aromatic carbocycles. The molecule has 5 heteroatoms. The van der Waals surface area contributed by atoms with Crippen molar-refractivity contribution in [2.24, 2.45) is 5.92 Å². The van der Waals surface area contributed by atoms with E-state index < -0.39 is 11.9 Å². The Bertz CT molecular complexity index is 387. The second kappa shape index (κ2) is 4.23. The van der Waals surface area contributed by atoms with Crippen LogP contribution in [0, 0.1) is 19.8 Å². The number of aryl methyl sites for hydroxylation is 1. The molecule has 1 rings (SSSR count). The first-order valence-corrected chi connectivity index (χ1v) is 5.18. The molecule has 2 atom stereocenters. The summed E-state index contributed by atoms with van der Waals surface area (Å²) in [5.41, 5.74) is 1.55. The molecule has 0 aliphatic heterocycles. The second-order valence-electron chi connectivity index (χ2n) is 3.80. The minimum atomic E-state index is -0.828. The van der Waals surface area contributed by atoms with Crippen molar-refractivity contribution in [1.82, 2.24) is 9.78 Å². The molecule has 0 radical (unpaired) electrons. The molecule has 0 aliphatic rings. The average molecular weight is 231 g/mol. The van der Waals surface area contributed by atoms with E-state index in [-0.39, 0.29) is 6.04 Å². The molecule has 0 saturated heterocycles. The van der Waals surface area contributed by atoms with Gasteiger partial charge in [0.05, 0.1) is 28.4 Å². The number of carbonyl (C=O) groups is 1. The van der Waals surface area contributed by atoms with Crippen molar-refractivity contribution in [2.75, 3.05) is 0 Å². The monoisotopic (exact) mass is 230 g/mol. The van der Waals surface area contributed by atoms with Crippen LogP contribution in [0.3, 0.4) is 0 Å². The first-order chi connectivity index (χ1) is 6.86. The molecule has 1 heterocycles. The summed E-state index contributed by atoms with van der Waals surface area (Å²) in [5, 5.41) is 13.8. The van der Waals surface area contributed by atoms with Crippen LogP contribution in [0.4, 0.5) is 0 Å². The van der Waals surface area contributed by atoms with Gasteiger partial charge in [-0.1, -0.05) is 11.6 Å². The fourth-order valence-electron chi connectivity index (χ4n) is 1.46. The fourth-order valence-corrected chi connectivity index (χ4v) is 1.58. The molecule has 4 nitrogen and oxygen atoms in total. The molecule has 0 aliphatic carbocycles. The highest BCUT2D eigenvalue weighted by Crippen LogP contribution is 2.25. The molecule has 0 fully saturated rings. The molecule has 0 spiro atoms. The lowest BCUT2D eigenvalue weighted by molar-refractivity contribution is -0.142. The van der Waals surface area contributed by atoms with Crippen LogP contribution in [0.5, 0.6) is 0 Å². The van der Waals surface area contributed by atoms with E-state index in [9.17, 15) is 4.79 Å². The molecule has 84 valence electrons. The van der Waals surface area contributed by atoms with Crippen LogP contribution in [-0.4, -0.2) is 20.9 Å². The minimum absolute atomic E-state index is 0.200. The summed E-state index contributed by atoms with van der Waals surface area (Å²) in [6.07, 6.45) is 0. The molecule has 0 saturated carbocycles. The van der Waals surface area contributed by atoms with Crippen LogP contribution in [-0.2, 0) is 4.79 Å². The zero-order chi connectivity index (χ0) is 11.7. The van der Waals surface area contributed by atoms with Crippen molar-refractivity contribution in [2.45, 2.75) is 33.7 Å². The van der Waals surface area contributed by atoms with E-state index in [2.05, 4.69) is 5.10 Å². The smallest absolute Gasteiger partial charge is 0.308 e. The molecule has 1 aromatic heterocycles. The molecule has 15 heavy (non-hydrogen) atoms. The van der Waals surface area contributed by atoms with Crippen LogP contribution < -0.4 is 0 Å². The highest BCUT2D eigenvalue weighted by Gasteiger charge is 2.24. The van der Waals surface area contributed by atoms with Gasteiger partial charge in [-0.2, -0.15) is 5.10 Å². The molecule has 2 unspecified atom stereocenters. The van der Waals surface area contributed by atoms with E-state index in [0.717, 1.165) is 11.4 Å². The van der Waals surface area contributed by atoms with Crippen molar-refractivity contribution in [1.29, 1.82) is 0 Å². The summed E-state index contributed by atoms with van der Waals surface area (Å²) in [7, 11) is 0. The molecule has 0 amide bonds. The van der Waals surface area contributed by atoms with Crippen molar-refractivity contribution in [3.05, 3.63) is 16.4 Å². The van der Waals surface area contributed by atoms with Gasteiger partial charge in [0.2, 0.25) is 0 Å². The lowest BCUT2D eigenvalue weighted by Gasteiger charge is -2.18. The third-order valence-electron chi connectivity index (χ3n) is 2.74. The maximum absolute atomic E-state index is 10.8. The van der Waals surface area contributed by atoms with E-state index in [4.69, 9.17) is 16.7 Å². The van der Waals surface area contributed by atoms with E-state index >= 15 is 0 Å². The Morgan fingerprint density at radius 1 is 1.47 bits per heavy atom. The standard InChI is InChI=1S/C10H15ClN2O2/c1-5(10(14)15)7(3)13-8(4)9(11)6(2)12-13/h5,7H,1-4H3,(H,14,15). The van der Waals surface area contributed by atoms with E-state index in [1.54, 1.807) is 11.6 Å². The highest BCUT2D eigenvalue weighted by molar-refractivity contribution is 6.31. The van der Waals surface area contributed by atoms with Crippen LogP contribution >= 0.6 is 11.6 Å². The van der Waals surface area contributed by atoms with Crippen LogP contribution in [0.25, 0.3) is 0 Å². The van der Waals surface area contributed by atoms with Gasteiger partial charge in [0.25, 0.3) is 0 Å². The SMILES string of the molecule is Cc1nn(C(C)C(C)C(=O)O)c(C)c1Cl. The average Bonchev–Trinajstić information content (AvgIpc) is 2.43. The Hall–Kier alpha value is -1.03. The Labute approximate surface area is 93.9 Å². The normalized spacial score (nSPS) is 15.0. The minimum Gasteiger partial charge on any atom is -0.481 e. The van der Waals surface area contributed by atoms with Gasteiger partial charge in [0.15, 0.2) is 0 Å². The summed E-state index contributed by atoms with van der Waals surface area (Å²) in [4.78, 5) is 10.8. The van der Waals surface area contributed by atoms with Gasteiger partial charge in [0.1, 0.15) is 0 Å². The maximum Gasteiger partial charge on any atom is 0.308 e. The van der Waals surface area contributed by atoms with Crippen molar-refractivity contribution >= 4 is 17.6 Å². The van der Waals surface area contributed by atoms with E-state index in [1.807, 2.05) is 20.8 Å².